The number of benzene rings is 1. The van der Waals surface area contributed by atoms with Crippen LogP contribution >= 0.6 is 0 Å². The van der Waals surface area contributed by atoms with Gasteiger partial charge in [-0.15, -0.1) is 0 Å². The van der Waals surface area contributed by atoms with E-state index in [-0.39, 0.29) is 24.2 Å². The summed E-state index contributed by atoms with van der Waals surface area (Å²) in [4.78, 5) is 18.2. The van der Waals surface area contributed by atoms with Crippen molar-refractivity contribution in [1.82, 2.24) is 9.88 Å². The largest absolute Gasteiger partial charge is 0.445 e. The van der Waals surface area contributed by atoms with E-state index in [1.165, 1.54) is 19.2 Å². The van der Waals surface area contributed by atoms with E-state index in [4.69, 9.17) is 9.15 Å². The van der Waals surface area contributed by atoms with Gasteiger partial charge in [-0.2, -0.15) is 0 Å². The van der Waals surface area contributed by atoms with Gasteiger partial charge >= 0.3 is 0 Å². The molecule has 1 aromatic carbocycles. The first kappa shape index (κ1) is 16.6. The second-order valence-corrected chi connectivity index (χ2v) is 6.08. The molecule has 128 valence electrons. The zero-order valence-corrected chi connectivity index (χ0v) is 13.7. The minimum atomic E-state index is -0.250. The van der Waals surface area contributed by atoms with Gasteiger partial charge in [-0.1, -0.05) is 12.1 Å². The molecule has 1 fully saturated rings. The summed E-state index contributed by atoms with van der Waals surface area (Å²) in [5.74, 6) is 1.28. The van der Waals surface area contributed by atoms with E-state index in [2.05, 4.69) is 4.98 Å². The van der Waals surface area contributed by atoms with E-state index in [9.17, 15) is 9.18 Å². The molecule has 0 spiro atoms. The number of carbonyl (C=O) groups is 1. The molecule has 2 heterocycles. The SMILES string of the molecule is COCC(=O)N1CCCC(c2ncc(Cc3ccc(F)cc3)o2)C1. The predicted molar refractivity (Wildman–Crippen MR) is 86.1 cm³/mol. The summed E-state index contributed by atoms with van der Waals surface area (Å²) in [6.07, 6.45) is 4.17. The van der Waals surface area contributed by atoms with E-state index in [0.29, 0.717) is 18.9 Å². The van der Waals surface area contributed by atoms with Gasteiger partial charge in [0.2, 0.25) is 5.91 Å². The number of aromatic nitrogens is 1. The van der Waals surface area contributed by atoms with Crippen molar-refractivity contribution < 1.29 is 18.3 Å². The lowest BCUT2D eigenvalue weighted by Crippen LogP contribution is -2.40. The molecule has 0 saturated carbocycles. The van der Waals surface area contributed by atoms with Crippen LogP contribution < -0.4 is 0 Å². The minimum absolute atomic E-state index is 0.000270. The zero-order chi connectivity index (χ0) is 16.9. The molecule has 1 atom stereocenters. The average molecular weight is 332 g/mol. The molecule has 6 heteroatoms. The molecule has 1 aliphatic rings. The highest BCUT2D eigenvalue weighted by Crippen LogP contribution is 2.27. The molecule has 5 nitrogen and oxygen atoms in total. The van der Waals surface area contributed by atoms with Crippen molar-refractivity contribution >= 4 is 5.91 Å². The first-order valence-corrected chi connectivity index (χ1v) is 8.11. The van der Waals surface area contributed by atoms with Crippen molar-refractivity contribution in [2.45, 2.75) is 25.2 Å². The number of ether oxygens (including phenoxy) is 1. The molecule has 0 bridgehead atoms. The lowest BCUT2D eigenvalue weighted by Gasteiger charge is -2.31. The monoisotopic (exact) mass is 332 g/mol. The maximum atomic E-state index is 13.0. The molecule has 1 saturated heterocycles. The van der Waals surface area contributed by atoms with Gasteiger partial charge in [-0.3, -0.25) is 4.79 Å². The molecular formula is C18H21FN2O3. The van der Waals surface area contributed by atoms with E-state index >= 15 is 0 Å². The highest BCUT2D eigenvalue weighted by molar-refractivity contribution is 5.77. The normalized spacial score (nSPS) is 17.9. The Balaban J connectivity index is 1.64. The lowest BCUT2D eigenvalue weighted by molar-refractivity contribution is -0.136. The van der Waals surface area contributed by atoms with Crippen molar-refractivity contribution in [1.29, 1.82) is 0 Å². The van der Waals surface area contributed by atoms with Crippen LogP contribution in [0, 0.1) is 5.82 Å². The molecular weight excluding hydrogens is 311 g/mol. The number of piperidine rings is 1. The fourth-order valence-electron chi connectivity index (χ4n) is 3.02. The molecule has 1 aliphatic heterocycles. The Hall–Kier alpha value is -2.21. The lowest BCUT2D eigenvalue weighted by atomic mass is 9.98. The molecule has 3 rings (SSSR count). The first-order chi connectivity index (χ1) is 11.7. The Kier molecular flexibility index (Phi) is 5.25. The molecule has 1 unspecified atom stereocenters. The molecule has 24 heavy (non-hydrogen) atoms. The topological polar surface area (TPSA) is 55.6 Å². The van der Waals surface area contributed by atoms with Crippen LogP contribution in [0.2, 0.25) is 0 Å². The summed E-state index contributed by atoms with van der Waals surface area (Å²) in [6, 6.07) is 6.35. The van der Waals surface area contributed by atoms with Crippen LogP contribution in [0.3, 0.4) is 0 Å². The maximum absolute atomic E-state index is 13.0. The maximum Gasteiger partial charge on any atom is 0.248 e. The van der Waals surface area contributed by atoms with Crippen LogP contribution in [-0.4, -0.2) is 42.6 Å². The fourth-order valence-corrected chi connectivity index (χ4v) is 3.02. The fraction of sp³-hybridized carbons (Fsp3) is 0.444. The summed E-state index contributed by atoms with van der Waals surface area (Å²) in [7, 11) is 1.52. The highest BCUT2D eigenvalue weighted by atomic mass is 19.1. The summed E-state index contributed by atoms with van der Waals surface area (Å²) < 4.78 is 23.7. The third kappa shape index (κ3) is 4.00. The molecule has 1 aromatic heterocycles. The average Bonchev–Trinajstić information content (AvgIpc) is 3.06. The number of rotatable bonds is 5. The number of hydrogen-bond donors (Lipinski definition) is 0. The molecule has 1 amide bonds. The smallest absolute Gasteiger partial charge is 0.248 e. The number of carbonyl (C=O) groups excluding carboxylic acids is 1. The molecule has 0 N–H and O–H groups in total. The van der Waals surface area contributed by atoms with Crippen LogP contribution in [0.25, 0.3) is 0 Å². The Labute approximate surface area is 140 Å². The van der Waals surface area contributed by atoms with E-state index in [1.54, 1.807) is 18.3 Å². The van der Waals surface area contributed by atoms with Crippen molar-refractivity contribution in [3.63, 3.8) is 0 Å². The highest BCUT2D eigenvalue weighted by Gasteiger charge is 2.27. The second kappa shape index (κ2) is 7.57. The number of halogens is 1. The van der Waals surface area contributed by atoms with Gasteiger partial charge in [-0.05, 0) is 30.5 Å². The van der Waals surface area contributed by atoms with Crippen LogP contribution in [0.5, 0.6) is 0 Å². The zero-order valence-electron chi connectivity index (χ0n) is 13.7. The number of methoxy groups -OCH3 is 1. The van der Waals surface area contributed by atoms with E-state index < -0.39 is 0 Å². The van der Waals surface area contributed by atoms with Gasteiger partial charge in [-0.25, -0.2) is 9.37 Å². The Bertz CT molecular complexity index is 684. The third-order valence-electron chi connectivity index (χ3n) is 4.25. The number of hydrogen-bond acceptors (Lipinski definition) is 4. The number of likely N-dealkylation sites (tertiary alicyclic amines) is 1. The molecule has 2 aromatic rings. The van der Waals surface area contributed by atoms with Gasteiger partial charge in [0.15, 0.2) is 5.89 Å². The number of amides is 1. The van der Waals surface area contributed by atoms with Gasteiger partial charge in [0.25, 0.3) is 0 Å². The minimum Gasteiger partial charge on any atom is -0.445 e. The van der Waals surface area contributed by atoms with E-state index in [1.807, 2.05) is 4.90 Å². The van der Waals surface area contributed by atoms with Gasteiger partial charge in [0.1, 0.15) is 18.2 Å². The Morgan fingerprint density at radius 2 is 2.21 bits per heavy atom. The van der Waals surface area contributed by atoms with Gasteiger partial charge in [0.05, 0.1) is 12.1 Å². The number of oxazole rings is 1. The first-order valence-electron chi connectivity index (χ1n) is 8.11. The third-order valence-corrected chi connectivity index (χ3v) is 4.25. The summed E-state index contributed by atoms with van der Waals surface area (Å²) in [5.41, 5.74) is 0.972. The van der Waals surface area contributed by atoms with Gasteiger partial charge in [0, 0.05) is 26.6 Å². The molecule has 0 radical (unpaired) electrons. The Morgan fingerprint density at radius 1 is 1.42 bits per heavy atom. The molecule has 0 aliphatic carbocycles. The number of nitrogens with zero attached hydrogens (tertiary/aromatic N) is 2. The quantitative estimate of drug-likeness (QED) is 0.845. The van der Waals surface area contributed by atoms with Gasteiger partial charge < -0.3 is 14.1 Å². The van der Waals surface area contributed by atoms with Crippen LogP contribution in [-0.2, 0) is 16.0 Å². The predicted octanol–water partition coefficient (Wildman–Crippen LogP) is 2.76. The van der Waals surface area contributed by atoms with Crippen molar-refractivity contribution in [3.05, 3.63) is 53.5 Å². The Morgan fingerprint density at radius 3 is 2.96 bits per heavy atom. The van der Waals surface area contributed by atoms with Crippen LogP contribution in [0.15, 0.2) is 34.9 Å². The van der Waals surface area contributed by atoms with E-state index in [0.717, 1.165) is 30.7 Å². The van der Waals surface area contributed by atoms with Crippen LogP contribution in [0.1, 0.15) is 36.0 Å². The summed E-state index contributed by atoms with van der Waals surface area (Å²) in [6.45, 7) is 1.47. The van der Waals surface area contributed by atoms with Crippen molar-refractivity contribution in [2.24, 2.45) is 0 Å². The van der Waals surface area contributed by atoms with Crippen molar-refractivity contribution in [2.75, 3.05) is 26.8 Å². The summed E-state index contributed by atoms with van der Waals surface area (Å²) in [5, 5.41) is 0. The van der Waals surface area contributed by atoms with Crippen LogP contribution in [0.4, 0.5) is 4.39 Å². The second-order valence-electron chi connectivity index (χ2n) is 6.08. The summed E-state index contributed by atoms with van der Waals surface area (Å²) >= 11 is 0. The van der Waals surface area contributed by atoms with Crippen molar-refractivity contribution in [3.8, 4) is 0 Å². The standard InChI is InChI=1S/C18H21FN2O3/c1-23-12-17(22)21-8-2-3-14(11-21)18-20-10-16(24-18)9-13-4-6-15(19)7-5-13/h4-7,10,14H,2-3,8-9,11-12H2,1H3.